The SMILES string of the molecule is CSc1cccc(N(C)C)c1O. The highest BCUT2D eigenvalue weighted by atomic mass is 32.2. The number of hydrogen-bond acceptors (Lipinski definition) is 3. The van der Waals surface area contributed by atoms with Crippen molar-refractivity contribution in [3.05, 3.63) is 18.2 Å². The van der Waals surface area contributed by atoms with E-state index in [-0.39, 0.29) is 0 Å². The molecule has 0 unspecified atom stereocenters. The number of thioether (sulfide) groups is 1. The van der Waals surface area contributed by atoms with E-state index in [0.717, 1.165) is 10.6 Å². The predicted molar refractivity (Wildman–Crippen MR) is 54.2 cm³/mol. The second-order valence-corrected chi connectivity index (χ2v) is 3.57. The van der Waals surface area contributed by atoms with Crippen molar-refractivity contribution < 1.29 is 5.11 Å². The first-order valence-electron chi connectivity index (χ1n) is 3.70. The molecule has 0 aliphatic rings. The third-order valence-corrected chi connectivity index (χ3v) is 2.45. The lowest BCUT2D eigenvalue weighted by atomic mass is 10.3. The van der Waals surface area contributed by atoms with E-state index in [4.69, 9.17) is 0 Å². The zero-order valence-electron chi connectivity index (χ0n) is 7.53. The molecule has 0 spiro atoms. The molecular formula is C9H13NOS. The number of benzene rings is 1. The molecule has 0 saturated heterocycles. The maximum absolute atomic E-state index is 9.70. The Morgan fingerprint density at radius 1 is 1.33 bits per heavy atom. The van der Waals surface area contributed by atoms with E-state index in [1.165, 1.54) is 0 Å². The van der Waals surface area contributed by atoms with Gasteiger partial charge in [0.25, 0.3) is 0 Å². The van der Waals surface area contributed by atoms with Crippen LogP contribution in [-0.2, 0) is 0 Å². The standard InChI is InChI=1S/C9H13NOS/c1-10(2)7-5-4-6-8(12-3)9(7)11/h4-6,11H,1-3H3. The lowest BCUT2D eigenvalue weighted by molar-refractivity contribution is 0.463. The summed E-state index contributed by atoms with van der Waals surface area (Å²) < 4.78 is 0. The third-order valence-electron chi connectivity index (χ3n) is 1.68. The molecular weight excluding hydrogens is 170 g/mol. The van der Waals surface area contributed by atoms with E-state index in [2.05, 4.69) is 0 Å². The highest BCUT2D eigenvalue weighted by molar-refractivity contribution is 7.98. The second kappa shape index (κ2) is 3.72. The molecule has 1 rings (SSSR count). The van der Waals surface area contributed by atoms with Crippen molar-refractivity contribution in [1.82, 2.24) is 0 Å². The summed E-state index contributed by atoms with van der Waals surface area (Å²) in [6, 6.07) is 5.75. The van der Waals surface area contributed by atoms with E-state index >= 15 is 0 Å². The average Bonchev–Trinajstić information content (AvgIpc) is 2.04. The Bertz CT molecular complexity index is 273. The molecule has 3 heteroatoms. The highest BCUT2D eigenvalue weighted by Crippen LogP contribution is 2.34. The number of para-hydroxylation sites is 1. The summed E-state index contributed by atoms with van der Waals surface area (Å²) in [5.41, 5.74) is 0.863. The molecule has 0 aromatic heterocycles. The van der Waals surface area contributed by atoms with Crippen molar-refractivity contribution in [2.24, 2.45) is 0 Å². The third kappa shape index (κ3) is 1.67. The van der Waals surface area contributed by atoms with E-state index in [1.54, 1.807) is 11.8 Å². The van der Waals surface area contributed by atoms with Crippen LogP contribution in [0.2, 0.25) is 0 Å². The van der Waals surface area contributed by atoms with Crippen LogP contribution in [0.15, 0.2) is 23.1 Å². The minimum atomic E-state index is 0.370. The van der Waals surface area contributed by atoms with E-state index in [1.807, 2.05) is 43.5 Å². The van der Waals surface area contributed by atoms with Crippen LogP contribution < -0.4 is 4.90 Å². The van der Waals surface area contributed by atoms with Gasteiger partial charge in [0.05, 0.1) is 10.6 Å². The van der Waals surface area contributed by atoms with Gasteiger partial charge in [0, 0.05) is 14.1 Å². The first-order chi connectivity index (χ1) is 5.66. The van der Waals surface area contributed by atoms with Crippen molar-refractivity contribution in [3.8, 4) is 5.75 Å². The summed E-state index contributed by atoms with van der Waals surface area (Å²) >= 11 is 1.55. The minimum absolute atomic E-state index is 0.370. The molecule has 0 aliphatic heterocycles. The van der Waals surface area contributed by atoms with Gasteiger partial charge in [0.2, 0.25) is 0 Å². The Balaban J connectivity index is 3.14. The molecule has 1 N–H and O–H groups in total. The first kappa shape index (κ1) is 9.26. The minimum Gasteiger partial charge on any atom is -0.505 e. The van der Waals surface area contributed by atoms with Gasteiger partial charge < -0.3 is 10.0 Å². The maximum atomic E-state index is 9.70. The molecule has 0 amide bonds. The molecule has 0 saturated carbocycles. The smallest absolute Gasteiger partial charge is 0.152 e. The monoisotopic (exact) mass is 183 g/mol. The maximum Gasteiger partial charge on any atom is 0.152 e. The number of anilines is 1. The summed E-state index contributed by atoms with van der Waals surface area (Å²) in [5, 5.41) is 9.70. The van der Waals surface area contributed by atoms with Gasteiger partial charge >= 0.3 is 0 Å². The quantitative estimate of drug-likeness (QED) is 0.711. The molecule has 2 nitrogen and oxygen atoms in total. The summed E-state index contributed by atoms with van der Waals surface area (Å²) in [5.74, 6) is 0.370. The molecule has 1 aromatic carbocycles. The van der Waals surface area contributed by atoms with Gasteiger partial charge in [-0.15, -0.1) is 11.8 Å². The van der Waals surface area contributed by atoms with Crippen molar-refractivity contribution in [2.75, 3.05) is 25.3 Å². The van der Waals surface area contributed by atoms with E-state index in [9.17, 15) is 5.11 Å². The molecule has 0 fully saturated rings. The number of phenolic OH excluding ortho intramolecular Hbond substituents is 1. The normalized spacial score (nSPS) is 9.92. The average molecular weight is 183 g/mol. The van der Waals surface area contributed by atoms with E-state index in [0.29, 0.717) is 5.75 Å². The number of hydrogen-bond donors (Lipinski definition) is 1. The van der Waals surface area contributed by atoms with E-state index < -0.39 is 0 Å². The number of nitrogens with zero attached hydrogens (tertiary/aromatic N) is 1. The van der Waals surface area contributed by atoms with Crippen LogP contribution in [0.5, 0.6) is 5.75 Å². The van der Waals surface area contributed by atoms with Gasteiger partial charge in [-0.05, 0) is 18.4 Å². The van der Waals surface area contributed by atoms with Crippen LogP contribution in [-0.4, -0.2) is 25.5 Å². The summed E-state index contributed by atoms with van der Waals surface area (Å²) in [6.07, 6.45) is 1.95. The van der Waals surface area contributed by atoms with Gasteiger partial charge in [-0.3, -0.25) is 0 Å². The fourth-order valence-corrected chi connectivity index (χ4v) is 1.55. The number of rotatable bonds is 2. The van der Waals surface area contributed by atoms with Crippen LogP contribution in [0.1, 0.15) is 0 Å². The first-order valence-corrected chi connectivity index (χ1v) is 4.92. The molecule has 0 atom stereocenters. The molecule has 0 aliphatic carbocycles. The van der Waals surface area contributed by atoms with Gasteiger partial charge in [-0.1, -0.05) is 6.07 Å². The Morgan fingerprint density at radius 2 is 2.00 bits per heavy atom. The second-order valence-electron chi connectivity index (χ2n) is 2.72. The summed E-state index contributed by atoms with van der Waals surface area (Å²) in [6.45, 7) is 0. The van der Waals surface area contributed by atoms with Crippen LogP contribution in [0.3, 0.4) is 0 Å². The van der Waals surface area contributed by atoms with Gasteiger partial charge in [0.1, 0.15) is 0 Å². The molecule has 0 radical (unpaired) electrons. The van der Waals surface area contributed by atoms with Gasteiger partial charge in [-0.2, -0.15) is 0 Å². The number of phenols is 1. The van der Waals surface area contributed by atoms with Crippen LogP contribution in [0, 0.1) is 0 Å². The molecule has 66 valence electrons. The Kier molecular flexibility index (Phi) is 2.87. The van der Waals surface area contributed by atoms with Crippen LogP contribution in [0.4, 0.5) is 5.69 Å². The lowest BCUT2D eigenvalue weighted by Crippen LogP contribution is -2.08. The summed E-state index contributed by atoms with van der Waals surface area (Å²) in [7, 11) is 3.83. The highest BCUT2D eigenvalue weighted by Gasteiger charge is 2.06. The lowest BCUT2D eigenvalue weighted by Gasteiger charge is -2.15. The van der Waals surface area contributed by atoms with Crippen LogP contribution >= 0.6 is 11.8 Å². The van der Waals surface area contributed by atoms with Crippen molar-refractivity contribution >= 4 is 17.4 Å². The Labute approximate surface area is 77.2 Å². The fraction of sp³-hybridized carbons (Fsp3) is 0.333. The molecule has 0 heterocycles. The zero-order valence-corrected chi connectivity index (χ0v) is 8.35. The topological polar surface area (TPSA) is 23.5 Å². The molecule has 0 bridgehead atoms. The Hall–Kier alpha value is -0.830. The molecule has 1 aromatic rings. The van der Waals surface area contributed by atoms with Crippen molar-refractivity contribution in [2.45, 2.75) is 4.90 Å². The van der Waals surface area contributed by atoms with Crippen molar-refractivity contribution in [1.29, 1.82) is 0 Å². The van der Waals surface area contributed by atoms with Crippen LogP contribution in [0.25, 0.3) is 0 Å². The summed E-state index contributed by atoms with van der Waals surface area (Å²) in [4.78, 5) is 2.82. The largest absolute Gasteiger partial charge is 0.505 e. The van der Waals surface area contributed by atoms with Gasteiger partial charge in [0.15, 0.2) is 5.75 Å². The Morgan fingerprint density at radius 3 is 2.50 bits per heavy atom. The zero-order chi connectivity index (χ0) is 9.14. The van der Waals surface area contributed by atoms with Crippen molar-refractivity contribution in [3.63, 3.8) is 0 Å². The molecule has 12 heavy (non-hydrogen) atoms. The number of aromatic hydroxyl groups is 1. The predicted octanol–water partition coefficient (Wildman–Crippen LogP) is 2.18. The van der Waals surface area contributed by atoms with Gasteiger partial charge in [-0.25, -0.2) is 0 Å². The fourth-order valence-electron chi connectivity index (χ4n) is 1.04.